The molecule has 2 N–H and O–H groups in total. The fourth-order valence-corrected chi connectivity index (χ4v) is 4.74. The average Bonchev–Trinajstić information content (AvgIpc) is 3.20. The van der Waals surface area contributed by atoms with Crippen LogP contribution in [-0.2, 0) is 11.3 Å². The lowest BCUT2D eigenvalue weighted by Crippen LogP contribution is -2.44. The summed E-state index contributed by atoms with van der Waals surface area (Å²) < 4.78 is 13.3. The number of Topliss-reactive ketones (excluding diaryl/α,β-unsaturated/α-hetero) is 1. The number of benzene rings is 2. The van der Waals surface area contributed by atoms with Crippen LogP contribution in [-0.4, -0.2) is 46.9 Å². The SMILES string of the molecule is O=C(NC1CCC(O)CC1)[C@@H]1CN(Cc2ccccc2)C[C@H]1C(=O)c1ccc(F)cc1. The Bertz CT molecular complexity index is 895. The fourth-order valence-electron chi connectivity index (χ4n) is 4.74. The maximum Gasteiger partial charge on any atom is 0.225 e. The predicted octanol–water partition coefficient (Wildman–Crippen LogP) is 3.18. The number of carbonyl (C=O) groups excluding carboxylic acids is 2. The first kappa shape index (κ1) is 21.7. The molecule has 6 heteroatoms. The van der Waals surface area contributed by atoms with Crippen LogP contribution >= 0.6 is 0 Å². The molecule has 2 aliphatic rings. The van der Waals surface area contributed by atoms with Crippen molar-refractivity contribution in [2.24, 2.45) is 11.8 Å². The zero-order valence-electron chi connectivity index (χ0n) is 17.5. The van der Waals surface area contributed by atoms with E-state index in [2.05, 4.69) is 10.2 Å². The van der Waals surface area contributed by atoms with E-state index in [1.165, 1.54) is 24.3 Å². The van der Waals surface area contributed by atoms with E-state index < -0.39 is 11.8 Å². The first-order valence-electron chi connectivity index (χ1n) is 11.0. The second kappa shape index (κ2) is 9.71. The summed E-state index contributed by atoms with van der Waals surface area (Å²) in [7, 11) is 0. The van der Waals surface area contributed by atoms with Gasteiger partial charge in [-0.15, -0.1) is 0 Å². The zero-order valence-corrected chi connectivity index (χ0v) is 17.5. The molecule has 164 valence electrons. The highest BCUT2D eigenvalue weighted by Crippen LogP contribution is 2.29. The molecule has 1 aliphatic heterocycles. The number of hydrogen-bond acceptors (Lipinski definition) is 4. The van der Waals surface area contributed by atoms with E-state index in [4.69, 9.17) is 0 Å². The number of ketones is 1. The van der Waals surface area contributed by atoms with Gasteiger partial charge in [0.15, 0.2) is 5.78 Å². The molecule has 2 fully saturated rings. The maximum absolute atomic E-state index is 13.3. The van der Waals surface area contributed by atoms with E-state index in [1.807, 2.05) is 30.3 Å². The van der Waals surface area contributed by atoms with Crippen molar-refractivity contribution in [1.82, 2.24) is 10.2 Å². The first-order valence-corrected chi connectivity index (χ1v) is 11.0. The van der Waals surface area contributed by atoms with Gasteiger partial charge in [0.05, 0.1) is 12.0 Å². The summed E-state index contributed by atoms with van der Waals surface area (Å²) in [5.41, 5.74) is 1.57. The summed E-state index contributed by atoms with van der Waals surface area (Å²) in [5.74, 6) is -1.52. The second-order valence-corrected chi connectivity index (χ2v) is 8.78. The van der Waals surface area contributed by atoms with Crippen molar-refractivity contribution >= 4 is 11.7 Å². The van der Waals surface area contributed by atoms with Gasteiger partial charge in [0.25, 0.3) is 0 Å². The number of hydrogen-bond donors (Lipinski definition) is 2. The highest BCUT2D eigenvalue weighted by atomic mass is 19.1. The highest BCUT2D eigenvalue weighted by molar-refractivity contribution is 6.01. The average molecular weight is 425 g/mol. The molecule has 5 nitrogen and oxygen atoms in total. The van der Waals surface area contributed by atoms with Crippen molar-refractivity contribution in [3.63, 3.8) is 0 Å². The second-order valence-electron chi connectivity index (χ2n) is 8.78. The molecule has 1 heterocycles. The van der Waals surface area contributed by atoms with E-state index in [0.29, 0.717) is 38.0 Å². The molecule has 31 heavy (non-hydrogen) atoms. The third-order valence-electron chi connectivity index (χ3n) is 6.49. The van der Waals surface area contributed by atoms with Gasteiger partial charge in [0, 0.05) is 37.2 Å². The van der Waals surface area contributed by atoms with Crippen LogP contribution in [0.2, 0.25) is 0 Å². The van der Waals surface area contributed by atoms with Crippen LogP contribution in [0.4, 0.5) is 4.39 Å². The van der Waals surface area contributed by atoms with Gasteiger partial charge in [-0.05, 0) is 55.5 Å². The molecule has 2 aromatic rings. The Hall–Kier alpha value is -2.57. The molecule has 2 atom stereocenters. The summed E-state index contributed by atoms with van der Waals surface area (Å²) in [6.45, 7) is 1.67. The number of likely N-dealkylation sites (tertiary alicyclic amines) is 1. The number of aliphatic hydroxyl groups is 1. The molecule has 1 saturated carbocycles. The van der Waals surface area contributed by atoms with E-state index in [9.17, 15) is 19.1 Å². The van der Waals surface area contributed by atoms with E-state index in [1.54, 1.807) is 0 Å². The van der Waals surface area contributed by atoms with Crippen LogP contribution in [0.3, 0.4) is 0 Å². The molecule has 0 spiro atoms. The fraction of sp³-hybridized carbons (Fsp3) is 0.440. The van der Waals surface area contributed by atoms with Gasteiger partial charge in [-0.1, -0.05) is 30.3 Å². The van der Waals surface area contributed by atoms with Gasteiger partial charge in [0.2, 0.25) is 5.91 Å². The Morgan fingerprint density at radius 1 is 0.935 bits per heavy atom. The Balaban J connectivity index is 1.49. The minimum Gasteiger partial charge on any atom is -0.393 e. The molecule has 1 aliphatic carbocycles. The Labute approximate surface area is 182 Å². The summed E-state index contributed by atoms with van der Waals surface area (Å²) in [4.78, 5) is 28.6. The number of amides is 1. The molecule has 0 unspecified atom stereocenters. The lowest BCUT2D eigenvalue weighted by Gasteiger charge is -2.28. The van der Waals surface area contributed by atoms with E-state index in [0.717, 1.165) is 18.4 Å². The third-order valence-corrected chi connectivity index (χ3v) is 6.49. The first-order chi connectivity index (χ1) is 15.0. The molecule has 0 bridgehead atoms. The third kappa shape index (κ3) is 5.38. The topological polar surface area (TPSA) is 69.6 Å². The van der Waals surface area contributed by atoms with Gasteiger partial charge in [-0.3, -0.25) is 14.5 Å². The van der Waals surface area contributed by atoms with E-state index in [-0.39, 0.29) is 29.7 Å². The minimum atomic E-state index is -0.469. The van der Waals surface area contributed by atoms with Gasteiger partial charge >= 0.3 is 0 Å². The number of nitrogens with zero attached hydrogens (tertiary/aromatic N) is 1. The van der Waals surface area contributed by atoms with Crippen molar-refractivity contribution in [2.45, 2.75) is 44.4 Å². The largest absolute Gasteiger partial charge is 0.393 e. The molecule has 4 rings (SSSR count). The molecular weight excluding hydrogens is 395 g/mol. The Morgan fingerprint density at radius 3 is 2.26 bits per heavy atom. The van der Waals surface area contributed by atoms with Crippen molar-refractivity contribution in [2.75, 3.05) is 13.1 Å². The number of rotatable bonds is 6. The number of aliphatic hydroxyl groups excluding tert-OH is 1. The van der Waals surface area contributed by atoms with Crippen molar-refractivity contribution < 1.29 is 19.1 Å². The predicted molar refractivity (Wildman–Crippen MR) is 116 cm³/mol. The van der Waals surface area contributed by atoms with Crippen LogP contribution in [0, 0.1) is 17.7 Å². The van der Waals surface area contributed by atoms with Gasteiger partial charge in [-0.2, -0.15) is 0 Å². The van der Waals surface area contributed by atoms with Crippen LogP contribution < -0.4 is 5.32 Å². The smallest absolute Gasteiger partial charge is 0.225 e. The quantitative estimate of drug-likeness (QED) is 0.699. The van der Waals surface area contributed by atoms with Crippen LogP contribution in [0.15, 0.2) is 54.6 Å². The number of nitrogens with one attached hydrogen (secondary N) is 1. The lowest BCUT2D eigenvalue weighted by molar-refractivity contribution is -0.126. The monoisotopic (exact) mass is 424 g/mol. The standard InChI is InChI=1S/C25H29FN2O3/c26-19-8-6-18(7-9-19)24(30)22-15-28(14-17-4-2-1-3-5-17)16-23(22)25(31)27-20-10-12-21(29)13-11-20/h1-9,20-23,29H,10-16H2,(H,27,31)/t20?,21?,22-,23-/m1/s1. The van der Waals surface area contributed by atoms with Crippen LogP contribution in [0.25, 0.3) is 0 Å². The van der Waals surface area contributed by atoms with Crippen molar-refractivity contribution in [3.8, 4) is 0 Å². The Morgan fingerprint density at radius 2 is 1.58 bits per heavy atom. The summed E-state index contributed by atoms with van der Waals surface area (Å²) in [6.07, 6.45) is 2.60. The van der Waals surface area contributed by atoms with E-state index >= 15 is 0 Å². The molecule has 2 aromatic carbocycles. The van der Waals surface area contributed by atoms with Crippen molar-refractivity contribution in [3.05, 3.63) is 71.5 Å². The normalized spacial score (nSPS) is 26.5. The minimum absolute atomic E-state index is 0.0423. The number of carbonyl (C=O) groups is 2. The summed E-state index contributed by atoms with van der Waals surface area (Å²) >= 11 is 0. The molecule has 0 radical (unpaired) electrons. The highest BCUT2D eigenvalue weighted by Gasteiger charge is 2.42. The van der Waals surface area contributed by atoms with Crippen molar-refractivity contribution in [1.29, 1.82) is 0 Å². The number of halogens is 1. The van der Waals surface area contributed by atoms with Gasteiger partial charge < -0.3 is 10.4 Å². The molecule has 0 aromatic heterocycles. The zero-order chi connectivity index (χ0) is 21.8. The summed E-state index contributed by atoms with van der Waals surface area (Å²) in [5, 5.41) is 12.8. The lowest BCUT2D eigenvalue weighted by atomic mass is 9.86. The van der Waals surface area contributed by atoms with Crippen LogP contribution in [0.5, 0.6) is 0 Å². The maximum atomic E-state index is 13.3. The molecular formula is C25H29FN2O3. The summed E-state index contributed by atoms with van der Waals surface area (Å²) in [6, 6.07) is 15.6. The molecule has 1 saturated heterocycles. The van der Waals surface area contributed by atoms with Crippen LogP contribution in [0.1, 0.15) is 41.6 Å². The van der Waals surface area contributed by atoms with Gasteiger partial charge in [0.1, 0.15) is 5.82 Å². The molecule has 1 amide bonds. The Kier molecular flexibility index (Phi) is 6.78. The van der Waals surface area contributed by atoms with Gasteiger partial charge in [-0.25, -0.2) is 4.39 Å².